The first-order valence-corrected chi connectivity index (χ1v) is 10.9. The van der Waals surface area contributed by atoms with Crippen LogP contribution in [0.3, 0.4) is 0 Å². The van der Waals surface area contributed by atoms with Crippen LogP contribution in [-0.2, 0) is 13.6 Å². The molecule has 108 valence electrons. The van der Waals surface area contributed by atoms with E-state index in [1.54, 1.807) is 0 Å². The summed E-state index contributed by atoms with van der Waals surface area (Å²) in [7, 11) is -1.95. The van der Waals surface area contributed by atoms with Gasteiger partial charge in [-0.25, -0.2) is 0 Å². The summed E-state index contributed by atoms with van der Waals surface area (Å²) >= 11 is 13.8. The zero-order chi connectivity index (χ0) is 13.8. The monoisotopic (exact) mass is 533 g/mol. The second-order valence-corrected chi connectivity index (χ2v) is 8.53. The summed E-state index contributed by atoms with van der Waals surface area (Å²) < 4.78 is 21.5. The number of halogens is 4. The van der Waals surface area contributed by atoms with E-state index in [0.29, 0.717) is 22.9 Å². The fourth-order valence-corrected chi connectivity index (χ4v) is 3.01. The van der Waals surface area contributed by atoms with Crippen molar-refractivity contribution in [1.82, 2.24) is 0 Å². The summed E-state index contributed by atoms with van der Waals surface area (Å²) in [6.45, 7) is 0.958. The predicted molar refractivity (Wildman–Crippen MR) is 91.0 cm³/mol. The lowest BCUT2D eigenvalue weighted by atomic mass is 10.3. The molecule has 0 amide bonds. The van der Waals surface area contributed by atoms with E-state index >= 15 is 0 Å². The van der Waals surface area contributed by atoms with Crippen molar-refractivity contribution in [2.75, 3.05) is 23.9 Å². The third-order valence-electron chi connectivity index (χ3n) is 2.05. The Balaban J connectivity index is 3.33. The quantitative estimate of drug-likeness (QED) is 0.186. The van der Waals surface area contributed by atoms with Gasteiger partial charge in [0.15, 0.2) is 0 Å². The van der Waals surface area contributed by atoms with Crippen LogP contribution in [0.25, 0.3) is 0 Å². The molecule has 0 aliphatic heterocycles. The van der Waals surface area contributed by atoms with Gasteiger partial charge in [0.25, 0.3) is 0 Å². The van der Waals surface area contributed by atoms with Crippen molar-refractivity contribution in [3.05, 3.63) is 0 Å². The van der Waals surface area contributed by atoms with Crippen LogP contribution in [0.15, 0.2) is 0 Å². The topological polar surface area (TPSA) is 35.5 Å². The van der Waals surface area contributed by atoms with Crippen molar-refractivity contribution in [1.29, 1.82) is 0 Å². The van der Waals surface area contributed by atoms with E-state index in [4.69, 9.17) is 9.05 Å². The van der Waals surface area contributed by atoms with Crippen molar-refractivity contribution in [2.24, 2.45) is 0 Å². The molecular formula is C10H18Br4O3P+. The Kier molecular flexibility index (Phi) is 15.4. The summed E-state index contributed by atoms with van der Waals surface area (Å²) in [5, 5.41) is 1.83. The highest BCUT2D eigenvalue weighted by molar-refractivity contribution is 9.12. The highest BCUT2D eigenvalue weighted by Crippen LogP contribution is 2.25. The van der Waals surface area contributed by atoms with Crippen LogP contribution < -0.4 is 0 Å². The minimum Gasteiger partial charge on any atom is -0.119 e. The predicted octanol–water partition coefficient (Wildman–Crippen LogP) is 5.55. The first-order valence-electron chi connectivity index (χ1n) is 5.73. The minimum absolute atomic E-state index is 0.444. The van der Waals surface area contributed by atoms with E-state index in [9.17, 15) is 4.57 Å². The lowest BCUT2D eigenvalue weighted by Gasteiger charge is -2.02. The second kappa shape index (κ2) is 13.9. The van der Waals surface area contributed by atoms with Gasteiger partial charge in [0.1, 0.15) is 13.2 Å². The largest absolute Gasteiger partial charge is 0.697 e. The third-order valence-corrected chi connectivity index (χ3v) is 7.70. The molecule has 3 nitrogen and oxygen atoms in total. The summed E-state index contributed by atoms with van der Waals surface area (Å²) in [4.78, 5) is 0.889. The number of hydrogen-bond donors (Lipinski definition) is 0. The molecule has 0 aromatic carbocycles. The van der Waals surface area contributed by atoms with Crippen LogP contribution in [0.5, 0.6) is 0 Å². The van der Waals surface area contributed by atoms with E-state index in [2.05, 4.69) is 63.7 Å². The normalized spacial score (nSPS) is 15.4. The van der Waals surface area contributed by atoms with Crippen LogP contribution in [-0.4, -0.2) is 33.5 Å². The first kappa shape index (κ1) is 19.9. The molecule has 18 heavy (non-hydrogen) atoms. The molecule has 2 atom stereocenters. The average Bonchev–Trinajstić information content (AvgIpc) is 2.38. The molecule has 0 aromatic heterocycles. The molecule has 0 fully saturated rings. The molecule has 0 spiro atoms. The lowest BCUT2D eigenvalue weighted by molar-refractivity contribution is 0.220. The van der Waals surface area contributed by atoms with Crippen LogP contribution in [0.1, 0.15) is 25.7 Å². The standard InChI is InChI=1S/C10H18Br4O3P/c11-7-9(13)3-1-5-16-18(15)17-6-2-4-10(14)8-12/h9-10H,1-8H2/q+1. The molecule has 0 aliphatic rings. The van der Waals surface area contributed by atoms with Crippen LogP contribution in [0, 0.1) is 0 Å². The molecule has 0 rings (SSSR count). The lowest BCUT2D eigenvalue weighted by Crippen LogP contribution is -2.02. The molecular weight excluding hydrogens is 519 g/mol. The van der Waals surface area contributed by atoms with Gasteiger partial charge in [0.2, 0.25) is 0 Å². The molecule has 0 radical (unpaired) electrons. The Bertz CT molecular complexity index is 201. The van der Waals surface area contributed by atoms with Gasteiger partial charge in [-0.15, -0.1) is 9.05 Å². The molecule has 0 N–H and O–H groups in total. The highest BCUT2D eigenvalue weighted by Gasteiger charge is 2.19. The van der Waals surface area contributed by atoms with Gasteiger partial charge in [-0.1, -0.05) is 63.7 Å². The van der Waals surface area contributed by atoms with Gasteiger partial charge in [-0.3, -0.25) is 0 Å². The SMILES string of the molecule is O=[P+](OCCCC(Br)CBr)OCCCC(Br)CBr. The molecule has 8 heteroatoms. The van der Waals surface area contributed by atoms with E-state index < -0.39 is 8.25 Å². The number of alkyl halides is 4. The number of hydrogen-bond acceptors (Lipinski definition) is 3. The Morgan fingerprint density at radius 1 is 0.889 bits per heavy atom. The summed E-state index contributed by atoms with van der Waals surface area (Å²) in [6.07, 6.45) is 3.73. The van der Waals surface area contributed by atoms with Crippen LogP contribution in [0.4, 0.5) is 0 Å². The van der Waals surface area contributed by atoms with E-state index in [1.807, 2.05) is 0 Å². The van der Waals surface area contributed by atoms with Gasteiger partial charge >= 0.3 is 8.25 Å². The Labute approximate surface area is 144 Å². The van der Waals surface area contributed by atoms with Crippen molar-refractivity contribution < 1.29 is 13.6 Å². The van der Waals surface area contributed by atoms with E-state index in [1.165, 1.54) is 0 Å². The van der Waals surface area contributed by atoms with E-state index in [-0.39, 0.29) is 0 Å². The summed E-state index contributed by atoms with van der Waals surface area (Å²) in [5.41, 5.74) is 0. The first-order chi connectivity index (χ1) is 8.60. The number of rotatable bonds is 12. The maximum atomic E-state index is 11.3. The second-order valence-electron chi connectivity index (χ2n) is 3.68. The maximum absolute atomic E-state index is 11.3. The van der Waals surface area contributed by atoms with Crippen molar-refractivity contribution in [3.8, 4) is 0 Å². The third kappa shape index (κ3) is 12.9. The molecule has 0 bridgehead atoms. The Morgan fingerprint density at radius 2 is 1.28 bits per heavy atom. The van der Waals surface area contributed by atoms with Gasteiger partial charge in [-0.05, 0) is 25.7 Å². The zero-order valence-electron chi connectivity index (χ0n) is 10.00. The zero-order valence-corrected chi connectivity index (χ0v) is 17.2. The molecule has 0 saturated heterocycles. The van der Waals surface area contributed by atoms with Gasteiger partial charge in [0, 0.05) is 24.9 Å². The Morgan fingerprint density at radius 3 is 1.61 bits per heavy atom. The van der Waals surface area contributed by atoms with Crippen molar-refractivity contribution >= 4 is 72.0 Å². The summed E-state index contributed by atoms with van der Waals surface area (Å²) in [6, 6.07) is 0. The molecule has 0 aromatic rings. The van der Waals surface area contributed by atoms with Crippen molar-refractivity contribution in [3.63, 3.8) is 0 Å². The fourth-order valence-electron chi connectivity index (χ4n) is 1.08. The van der Waals surface area contributed by atoms with Gasteiger partial charge in [0.05, 0.1) is 0 Å². The van der Waals surface area contributed by atoms with Crippen molar-refractivity contribution in [2.45, 2.75) is 35.3 Å². The van der Waals surface area contributed by atoms with Crippen LogP contribution in [0.2, 0.25) is 0 Å². The molecule has 0 saturated carbocycles. The van der Waals surface area contributed by atoms with Gasteiger partial charge in [-0.2, -0.15) is 0 Å². The molecule has 0 heterocycles. The van der Waals surface area contributed by atoms with Gasteiger partial charge < -0.3 is 0 Å². The minimum atomic E-state index is -1.95. The Hall–Kier alpha value is 1.94. The smallest absolute Gasteiger partial charge is 0.119 e. The fraction of sp³-hybridized carbons (Fsp3) is 1.00. The maximum Gasteiger partial charge on any atom is 0.697 e. The average molecular weight is 537 g/mol. The summed E-state index contributed by atoms with van der Waals surface area (Å²) in [5.74, 6) is 0. The highest BCUT2D eigenvalue weighted by atomic mass is 79.9. The van der Waals surface area contributed by atoms with E-state index in [0.717, 1.165) is 36.3 Å². The molecule has 2 unspecified atom stereocenters. The van der Waals surface area contributed by atoms with Crippen LogP contribution >= 0.6 is 72.0 Å². The molecule has 0 aliphatic carbocycles.